The Kier molecular flexibility index (Phi) is 4.71. The average molecular weight is 272 g/mol. The topological polar surface area (TPSA) is 41.1 Å². The van der Waals surface area contributed by atoms with Gasteiger partial charge in [0.25, 0.3) is 0 Å². The number of anilines is 2. The molecule has 0 heterocycles. The molecule has 0 aliphatic carbocycles. The third-order valence-corrected chi connectivity index (χ3v) is 2.85. The number of carbonyl (C=O) groups excluding carboxylic acids is 1. The fourth-order valence-electron chi connectivity index (χ4n) is 1.85. The summed E-state index contributed by atoms with van der Waals surface area (Å²) in [6.45, 7) is 2.51. The van der Waals surface area contributed by atoms with E-state index in [4.69, 9.17) is 0 Å². The third kappa shape index (κ3) is 4.09. The van der Waals surface area contributed by atoms with E-state index in [-0.39, 0.29) is 18.0 Å². The minimum absolute atomic E-state index is 0.213. The normalized spacial score (nSPS) is 10.1. The molecule has 2 N–H and O–H groups in total. The summed E-state index contributed by atoms with van der Waals surface area (Å²) in [6, 6.07) is 14.1. The maximum atomic E-state index is 13.4. The van der Waals surface area contributed by atoms with Crippen molar-refractivity contribution in [2.75, 3.05) is 17.2 Å². The highest BCUT2D eigenvalue weighted by atomic mass is 19.1. The van der Waals surface area contributed by atoms with Gasteiger partial charge in [-0.2, -0.15) is 0 Å². The van der Waals surface area contributed by atoms with Gasteiger partial charge in [0.2, 0.25) is 5.91 Å². The lowest BCUT2D eigenvalue weighted by Crippen LogP contribution is -2.16. The van der Waals surface area contributed by atoms with Gasteiger partial charge in [-0.05, 0) is 36.8 Å². The van der Waals surface area contributed by atoms with E-state index in [2.05, 4.69) is 10.6 Å². The van der Waals surface area contributed by atoms with Crippen molar-refractivity contribution in [2.24, 2.45) is 0 Å². The Balaban J connectivity index is 1.80. The summed E-state index contributed by atoms with van der Waals surface area (Å²) in [5, 5.41) is 5.72. The van der Waals surface area contributed by atoms with Crippen LogP contribution in [0.25, 0.3) is 0 Å². The predicted octanol–water partition coefficient (Wildman–Crippen LogP) is 3.57. The van der Waals surface area contributed by atoms with Crippen LogP contribution in [0.4, 0.5) is 15.8 Å². The quantitative estimate of drug-likeness (QED) is 0.873. The summed E-state index contributed by atoms with van der Waals surface area (Å²) in [6.07, 6.45) is 0.280. The van der Waals surface area contributed by atoms with Crippen molar-refractivity contribution in [1.82, 2.24) is 0 Å². The fourth-order valence-corrected chi connectivity index (χ4v) is 1.85. The third-order valence-electron chi connectivity index (χ3n) is 2.85. The van der Waals surface area contributed by atoms with Gasteiger partial charge >= 0.3 is 0 Å². The lowest BCUT2D eigenvalue weighted by atomic mass is 10.2. The van der Waals surface area contributed by atoms with Gasteiger partial charge in [-0.1, -0.05) is 24.3 Å². The number of rotatable bonds is 5. The lowest BCUT2D eigenvalue weighted by molar-refractivity contribution is -0.116. The van der Waals surface area contributed by atoms with Gasteiger partial charge in [0, 0.05) is 18.7 Å². The molecule has 2 rings (SSSR count). The maximum absolute atomic E-state index is 13.4. The largest absolute Gasteiger partial charge is 0.385 e. The van der Waals surface area contributed by atoms with Gasteiger partial charge in [0.15, 0.2) is 0 Å². The van der Waals surface area contributed by atoms with E-state index >= 15 is 0 Å². The molecule has 2 aromatic rings. The molecule has 0 aliphatic heterocycles. The standard InChI is InChI=1S/C16H17FN2O/c1-12-5-4-6-13(11-12)18-10-9-16(20)19-15-8-3-2-7-14(15)17/h2-8,11,18H,9-10H2,1H3,(H,19,20). The first-order valence-corrected chi connectivity index (χ1v) is 6.50. The molecule has 0 unspecified atom stereocenters. The zero-order valence-electron chi connectivity index (χ0n) is 11.3. The molecule has 0 aliphatic rings. The number of halogens is 1. The molecule has 4 heteroatoms. The molecule has 20 heavy (non-hydrogen) atoms. The molecule has 3 nitrogen and oxygen atoms in total. The Morgan fingerprint density at radius 2 is 1.95 bits per heavy atom. The molecule has 0 saturated heterocycles. The van der Waals surface area contributed by atoms with Crippen LogP contribution in [0.3, 0.4) is 0 Å². The molecule has 0 aromatic heterocycles. The minimum Gasteiger partial charge on any atom is -0.385 e. The predicted molar refractivity (Wildman–Crippen MR) is 79.3 cm³/mol. The van der Waals surface area contributed by atoms with Gasteiger partial charge in [-0.25, -0.2) is 4.39 Å². The summed E-state index contributed by atoms with van der Waals surface area (Å²) in [5.74, 6) is -0.636. The van der Waals surface area contributed by atoms with Gasteiger partial charge in [-0.15, -0.1) is 0 Å². The van der Waals surface area contributed by atoms with E-state index < -0.39 is 5.82 Å². The molecule has 2 aromatic carbocycles. The van der Waals surface area contributed by atoms with Crippen LogP contribution in [-0.4, -0.2) is 12.5 Å². The van der Waals surface area contributed by atoms with Crippen LogP contribution in [0.1, 0.15) is 12.0 Å². The summed E-state index contributed by atoms with van der Waals surface area (Å²) in [7, 11) is 0. The van der Waals surface area contributed by atoms with E-state index in [1.165, 1.54) is 6.07 Å². The highest BCUT2D eigenvalue weighted by molar-refractivity contribution is 5.91. The van der Waals surface area contributed by atoms with Gasteiger partial charge < -0.3 is 10.6 Å². The summed E-state index contributed by atoms with van der Waals surface area (Å²) in [5.41, 5.74) is 2.35. The Morgan fingerprint density at radius 1 is 1.15 bits per heavy atom. The summed E-state index contributed by atoms with van der Waals surface area (Å²) < 4.78 is 13.4. The first kappa shape index (κ1) is 14.1. The molecule has 0 fully saturated rings. The molecule has 1 amide bonds. The van der Waals surface area contributed by atoms with Crippen LogP contribution < -0.4 is 10.6 Å². The monoisotopic (exact) mass is 272 g/mol. The molecule has 0 saturated carbocycles. The van der Waals surface area contributed by atoms with Crippen LogP contribution in [-0.2, 0) is 4.79 Å². The highest BCUT2D eigenvalue weighted by Gasteiger charge is 2.05. The van der Waals surface area contributed by atoms with Crippen molar-refractivity contribution >= 4 is 17.3 Å². The van der Waals surface area contributed by atoms with E-state index in [1.54, 1.807) is 18.2 Å². The number of para-hydroxylation sites is 1. The smallest absolute Gasteiger partial charge is 0.226 e. The fraction of sp³-hybridized carbons (Fsp3) is 0.188. The second-order valence-corrected chi connectivity index (χ2v) is 4.57. The zero-order valence-corrected chi connectivity index (χ0v) is 11.3. The number of amides is 1. The van der Waals surface area contributed by atoms with Crippen molar-refractivity contribution < 1.29 is 9.18 Å². The molecular weight excluding hydrogens is 255 g/mol. The van der Waals surface area contributed by atoms with Crippen LogP contribution in [0, 0.1) is 12.7 Å². The van der Waals surface area contributed by atoms with E-state index in [0.717, 1.165) is 11.3 Å². The Labute approximate surface area is 117 Å². The minimum atomic E-state index is -0.424. The van der Waals surface area contributed by atoms with Crippen molar-refractivity contribution in [1.29, 1.82) is 0 Å². The van der Waals surface area contributed by atoms with Crippen LogP contribution in [0.2, 0.25) is 0 Å². The van der Waals surface area contributed by atoms with Crippen molar-refractivity contribution in [3.63, 3.8) is 0 Å². The van der Waals surface area contributed by atoms with E-state index in [0.29, 0.717) is 6.54 Å². The molecule has 0 radical (unpaired) electrons. The summed E-state index contributed by atoms with van der Waals surface area (Å²) >= 11 is 0. The maximum Gasteiger partial charge on any atom is 0.226 e. The van der Waals surface area contributed by atoms with Gasteiger partial charge in [0.05, 0.1) is 5.69 Å². The lowest BCUT2D eigenvalue weighted by Gasteiger charge is -2.08. The number of carbonyl (C=O) groups is 1. The van der Waals surface area contributed by atoms with Crippen LogP contribution in [0.15, 0.2) is 48.5 Å². The van der Waals surface area contributed by atoms with Gasteiger partial charge in [0.1, 0.15) is 5.82 Å². The Bertz CT molecular complexity index is 599. The van der Waals surface area contributed by atoms with Crippen molar-refractivity contribution in [3.05, 3.63) is 59.9 Å². The highest BCUT2D eigenvalue weighted by Crippen LogP contribution is 2.13. The molecule has 0 bridgehead atoms. The first-order chi connectivity index (χ1) is 9.65. The zero-order chi connectivity index (χ0) is 14.4. The number of aryl methyl sites for hydroxylation is 1. The van der Waals surface area contributed by atoms with Crippen molar-refractivity contribution in [3.8, 4) is 0 Å². The summed E-state index contributed by atoms with van der Waals surface area (Å²) in [4.78, 5) is 11.7. The SMILES string of the molecule is Cc1cccc(NCCC(=O)Nc2ccccc2F)c1. The first-order valence-electron chi connectivity index (χ1n) is 6.50. The van der Waals surface area contributed by atoms with E-state index in [1.807, 2.05) is 31.2 Å². The molecule has 0 atom stereocenters. The van der Waals surface area contributed by atoms with E-state index in [9.17, 15) is 9.18 Å². The Morgan fingerprint density at radius 3 is 2.70 bits per heavy atom. The van der Waals surface area contributed by atoms with Crippen molar-refractivity contribution in [2.45, 2.75) is 13.3 Å². The second-order valence-electron chi connectivity index (χ2n) is 4.57. The Hall–Kier alpha value is -2.36. The van der Waals surface area contributed by atoms with Gasteiger partial charge in [-0.3, -0.25) is 4.79 Å². The van der Waals surface area contributed by atoms with Crippen LogP contribution in [0.5, 0.6) is 0 Å². The number of nitrogens with one attached hydrogen (secondary N) is 2. The molecule has 104 valence electrons. The molecular formula is C16H17FN2O. The number of hydrogen-bond acceptors (Lipinski definition) is 2. The van der Waals surface area contributed by atoms with Crippen LogP contribution >= 0.6 is 0 Å². The number of hydrogen-bond donors (Lipinski definition) is 2. The average Bonchev–Trinajstić information content (AvgIpc) is 2.41. The second kappa shape index (κ2) is 6.70. The number of benzene rings is 2. The molecule has 0 spiro atoms.